The van der Waals surface area contributed by atoms with Crippen molar-refractivity contribution in [2.45, 2.75) is 199 Å². The molecule has 0 aromatic carbocycles. The van der Waals surface area contributed by atoms with Gasteiger partial charge in [0.15, 0.2) is 5.79 Å². The number of Topliss-reactive ketones (excluding diaryl/α,β-unsaturated/α-hetero) is 1. The summed E-state index contributed by atoms with van der Waals surface area (Å²) in [6, 6.07) is 0. The third kappa shape index (κ3) is 9.31. The number of hydrogen-bond acceptors (Lipinski definition) is 10. The molecule has 4 saturated heterocycles. The quantitative estimate of drug-likeness (QED) is 0.154. The second-order valence-electron chi connectivity index (χ2n) is 17.9. The summed E-state index contributed by atoms with van der Waals surface area (Å²) in [5.41, 5.74) is -1.63. The Hall–Kier alpha value is -0.480. The van der Waals surface area contributed by atoms with Crippen LogP contribution in [0, 0.1) is 41.4 Å². The molecule has 5 heterocycles. The van der Waals surface area contributed by atoms with Crippen LogP contribution >= 0.6 is 0 Å². The molecule has 0 amide bonds. The van der Waals surface area contributed by atoms with Crippen molar-refractivity contribution in [2.75, 3.05) is 0 Å². The minimum absolute atomic E-state index is 0. The Balaban J connectivity index is 0.00000406. The van der Waals surface area contributed by atoms with E-state index in [1.165, 1.54) is 0 Å². The van der Waals surface area contributed by atoms with Crippen LogP contribution in [0.5, 0.6) is 0 Å². The van der Waals surface area contributed by atoms with Crippen molar-refractivity contribution < 1.29 is 59.2 Å². The molecule has 12 nitrogen and oxygen atoms in total. The summed E-state index contributed by atoms with van der Waals surface area (Å²) in [7, 11) is 0. The minimum Gasteiger partial charge on any atom is -0.481 e. The first kappa shape index (κ1) is 48.9. The molecule has 0 saturated carbocycles. The van der Waals surface area contributed by atoms with Crippen molar-refractivity contribution >= 4 is 41.3 Å². The zero-order chi connectivity index (χ0) is 39.3. The molecule has 55 heavy (non-hydrogen) atoms. The van der Waals surface area contributed by atoms with Gasteiger partial charge >= 0.3 is 5.97 Å². The molecule has 0 aromatic rings. The normalized spacial score (nSPS) is 44.5. The van der Waals surface area contributed by atoms with E-state index in [1.54, 1.807) is 19.1 Å². The third-order valence-electron chi connectivity index (χ3n) is 14.4. The first-order valence-corrected chi connectivity index (χ1v) is 20.7. The van der Waals surface area contributed by atoms with E-state index in [0.29, 0.717) is 57.8 Å². The Morgan fingerprint density at radius 1 is 0.891 bits per heavy atom. The average molecular weight is 792 g/mol. The van der Waals surface area contributed by atoms with Gasteiger partial charge in [-0.25, -0.2) is 0 Å². The SMILES string of the molecule is CC[C@@H](C(=O)[C@@H](C)[C@@H](O)[C@H](C)[C@@H]1O[C@@H]([C@@H](CC)C(=O)O)CC[C@@H]1C)[C@H]1O[C@]2(C=C[C@@H](O)[C@]3(CC[C@@](C)([C@H]4CC[C@](O)(CC)[C@H](C)O4)O3)O2)[C@H](C)C[C@@H]1C.O.[Na]. The standard InChI is InChI=1S/C42H70O11.Na.H2O/c1-11-29(38(46)47)31-15-14-23(4)36(50-31)27(8)34(44)26(7)35(45)30(12-2)37-24(5)22-25(6)41(51-37)19-16-32(43)42(53-41)21-20-39(10,52-42)33-17-18-40(48,13-3)28(9)49-33;;/h16,19,23-34,36-37,43-44,48H,11-15,17-18,20-22H2,1-10H3,(H,46,47);;1H2/t23-,24-,25+,26-,27-,28-,29+,30-,31+,32+,33+,34+,36+,37-,39-,40+,41-,42-;;/m0../s1. The van der Waals surface area contributed by atoms with Crippen molar-refractivity contribution in [1.29, 1.82) is 0 Å². The van der Waals surface area contributed by atoms with Crippen molar-refractivity contribution in [1.82, 2.24) is 0 Å². The van der Waals surface area contributed by atoms with Gasteiger partial charge in [0, 0.05) is 59.6 Å². The predicted octanol–water partition coefficient (Wildman–Crippen LogP) is 4.98. The number of carbonyl (C=O) groups excluding carboxylic acids is 1. The molecule has 18 atom stereocenters. The van der Waals surface area contributed by atoms with Crippen LogP contribution in [-0.2, 0) is 33.3 Å². The predicted molar refractivity (Wildman–Crippen MR) is 208 cm³/mol. The van der Waals surface area contributed by atoms with Crippen LogP contribution in [0.3, 0.4) is 0 Å². The van der Waals surface area contributed by atoms with E-state index in [1.807, 2.05) is 41.5 Å². The summed E-state index contributed by atoms with van der Waals surface area (Å²) < 4.78 is 33.5. The number of aliphatic carboxylic acids is 1. The van der Waals surface area contributed by atoms with Gasteiger partial charge < -0.3 is 49.6 Å². The Morgan fingerprint density at radius 3 is 2.13 bits per heavy atom. The van der Waals surface area contributed by atoms with Gasteiger partial charge in [-0.3, -0.25) is 9.59 Å². The molecule has 2 spiro atoms. The topological polar surface area (TPSA) is 193 Å². The van der Waals surface area contributed by atoms with Crippen molar-refractivity contribution in [3.63, 3.8) is 0 Å². The van der Waals surface area contributed by atoms with Gasteiger partial charge in [-0.1, -0.05) is 55.4 Å². The minimum atomic E-state index is -1.37. The maximum absolute atomic E-state index is 14.4. The molecular formula is C42H72NaO12. The molecule has 1 radical (unpaired) electrons. The summed E-state index contributed by atoms with van der Waals surface area (Å²) >= 11 is 0. The number of hydrogen-bond donors (Lipinski definition) is 4. The molecule has 0 aromatic heterocycles. The average Bonchev–Trinajstić information content (AvgIpc) is 3.47. The number of aliphatic hydroxyl groups is 3. The van der Waals surface area contributed by atoms with Crippen molar-refractivity contribution in [2.24, 2.45) is 41.4 Å². The summed E-state index contributed by atoms with van der Waals surface area (Å²) in [6.07, 6.45) is 5.51. The monoisotopic (exact) mass is 791 g/mol. The first-order valence-electron chi connectivity index (χ1n) is 20.7. The molecule has 0 bridgehead atoms. The van der Waals surface area contributed by atoms with Gasteiger partial charge in [0.25, 0.3) is 0 Å². The van der Waals surface area contributed by atoms with Crippen molar-refractivity contribution in [3.8, 4) is 0 Å². The van der Waals surface area contributed by atoms with Gasteiger partial charge in [0.1, 0.15) is 11.9 Å². The van der Waals surface area contributed by atoms with E-state index in [-0.39, 0.29) is 76.9 Å². The maximum atomic E-state index is 14.4. The van der Waals surface area contributed by atoms with E-state index in [0.717, 1.165) is 6.42 Å². The molecule has 0 unspecified atom stereocenters. The van der Waals surface area contributed by atoms with Crippen molar-refractivity contribution in [3.05, 3.63) is 12.2 Å². The van der Waals surface area contributed by atoms with Crippen LogP contribution in [-0.4, -0.2) is 133 Å². The molecule has 5 rings (SSSR count). The van der Waals surface area contributed by atoms with Gasteiger partial charge in [-0.2, -0.15) is 0 Å². The molecule has 13 heteroatoms. The summed E-state index contributed by atoms with van der Waals surface area (Å²) in [4.78, 5) is 26.4. The van der Waals surface area contributed by atoms with E-state index >= 15 is 0 Å². The second-order valence-corrected chi connectivity index (χ2v) is 17.9. The first-order chi connectivity index (χ1) is 24.8. The van der Waals surface area contributed by atoms with Gasteiger partial charge in [0.2, 0.25) is 5.79 Å². The number of carboxylic acid groups (broad SMARTS) is 1. The molecule has 5 aliphatic rings. The number of carbonyl (C=O) groups is 2. The number of ether oxygens (including phenoxy) is 5. The summed E-state index contributed by atoms with van der Waals surface area (Å²) in [6.45, 7) is 19.6. The number of carboxylic acids is 1. The summed E-state index contributed by atoms with van der Waals surface area (Å²) in [5, 5.41) is 44.0. The number of aliphatic hydroxyl groups excluding tert-OH is 2. The van der Waals surface area contributed by atoms with Gasteiger partial charge in [-0.15, -0.1) is 0 Å². The third-order valence-corrected chi connectivity index (χ3v) is 14.4. The zero-order valence-corrected chi connectivity index (χ0v) is 37.5. The molecular weight excluding hydrogens is 719 g/mol. The smallest absolute Gasteiger partial charge is 0.309 e. The van der Waals surface area contributed by atoms with E-state index in [4.69, 9.17) is 23.7 Å². The fourth-order valence-electron chi connectivity index (χ4n) is 10.5. The molecule has 0 aliphatic carbocycles. The van der Waals surface area contributed by atoms with E-state index < -0.39 is 76.8 Å². The fraction of sp³-hybridized carbons (Fsp3) is 0.905. The van der Waals surface area contributed by atoms with Crippen LogP contribution in [0.15, 0.2) is 12.2 Å². The van der Waals surface area contributed by atoms with Crippen LogP contribution in [0.1, 0.15) is 133 Å². The van der Waals surface area contributed by atoms with E-state index in [2.05, 4.69) is 20.8 Å². The number of ketones is 1. The van der Waals surface area contributed by atoms with Crippen LogP contribution in [0.4, 0.5) is 0 Å². The molecule has 4 fully saturated rings. The summed E-state index contributed by atoms with van der Waals surface area (Å²) in [5.74, 6) is -5.78. The number of rotatable bonds is 12. The molecule has 6 N–H and O–H groups in total. The van der Waals surface area contributed by atoms with Gasteiger partial charge in [0.05, 0.1) is 53.7 Å². The van der Waals surface area contributed by atoms with E-state index in [9.17, 15) is 30.0 Å². The molecule has 5 aliphatic heterocycles. The van der Waals surface area contributed by atoms with Gasteiger partial charge in [-0.05, 0) is 95.6 Å². The second kappa shape index (κ2) is 18.8. The Kier molecular flexibility index (Phi) is 16.7. The van der Waals surface area contributed by atoms with Crippen LogP contribution in [0.2, 0.25) is 0 Å². The molecule has 313 valence electrons. The Labute approximate surface area is 351 Å². The maximum Gasteiger partial charge on any atom is 0.309 e. The van der Waals surface area contributed by atoms with Crippen LogP contribution < -0.4 is 0 Å². The zero-order valence-electron chi connectivity index (χ0n) is 35.5. The largest absolute Gasteiger partial charge is 0.481 e. The fourth-order valence-corrected chi connectivity index (χ4v) is 10.5. The van der Waals surface area contributed by atoms with Crippen LogP contribution in [0.25, 0.3) is 0 Å². The Bertz CT molecular complexity index is 1330. The Morgan fingerprint density at radius 2 is 1.55 bits per heavy atom.